The minimum Gasteiger partial charge on any atom is -0.338 e. The van der Waals surface area contributed by atoms with E-state index in [2.05, 4.69) is 10.3 Å². The Balaban J connectivity index is 1.65. The smallest absolute Gasteiger partial charge is 0.326 e. The molecule has 1 aromatic carbocycles. The number of fused-ring (bicyclic) bond motifs is 2. The number of imidazole rings is 1. The summed E-state index contributed by atoms with van der Waals surface area (Å²) in [6, 6.07) is 6.15. The molecular weight excluding hydrogens is 304 g/mol. The molecule has 0 spiro atoms. The first-order valence-corrected chi connectivity index (χ1v) is 8.81. The zero-order valence-corrected chi connectivity index (χ0v) is 14.2. The van der Waals surface area contributed by atoms with E-state index in [0.717, 1.165) is 43.5 Å². The summed E-state index contributed by atoms with van der Waals surface area (Å²) in [7, 11) is 0. The highest BCUT2D eigenvalue weighted by Crippen LogP contribution is 2.26. The van der Waals surface area contributed by atoms with Gasteiger partial charge in [-0.05, 0) is 57.4 Å². The van der Waals surface area contributed by atoms with Gasteiger partial charge in [0.05, 0.1) is 11.0 Å². The molecule has 2 aliphatic heterocycles. The average molecular weight is 328 g/mol. The molecule has 0 aliphatic carbocycles. The predicted molar refractivity (Wildman–Crippen MR) is 93.4 cm³/mol. The minimum absolute atomic E-state index is 0.0527. The maximum atomic E-state index is 12.9. The second-order valence-corrected chi connectivity index (χ2v) is 7.28. The van der Waals surface area contributed by atoms with Gasteiger partial charge in [-0.25, -0.2) is 4.79 Å². The Morgan fingerprint density at radius 1 is 1.29 bits per heavy atom. The van der Waals surface area contributed by atoms with Crippen molar-refractivity contribution in [2.75, 3.05) is 19.6 Å². The zero-order valence-electron chi connectivity index (χ0n) is 14.2. The SMILES string of the molecule is CC(C)n1c(=O)[nH]c2ccc(C(=O)N3CC[C@@H]4NCC[C@@H]4C3)cc21. The molecule has 2 fully saturated rings. The van der Waals surface area contributed by atoms with Gasteiger partial charge in [0.2, 0.25) is 0 Å². The van der Waals surface area contributed by atoms with Gasteiger partial charge >= 0.3 is 5.69 Å². The summed E-state index contributed by atoms with van der Waals surface area (Å²) in [6.45, 7) is 6.64. The van der Waals surface area contributed by atoms with Crippen LogP contribution in [0.4, 0.5) is 0 Å². The van der Waals surface area contributed by atoms with E-state index >= 15 is 0 Å². The van der Waals surface area contributed by atoms with Crippen molar-refractivity contribution in [3.63, 3.8) is 0 Å². The molecule has 1 aromatic heterocycles. The second kappa shape index (κ2) is 5.77. The van der Waals surface area contributed by atoms with Gasteiger partial charge in [-0.3, -0.25) is 9.36 Å². The molecule has 0 saturated carbocycles. The van der Waals surface area contributed by atoms with E-state index in [4.69, 9.17) is 0 Å². The van der Waals surface area contributed by atoms with Crippen molar-refractivity contribution in [2.24, 2.45) is 5.92 Å². The van der Waals surface area contributed by atoms with Gasteiger partial charge in [0.25, 0.3) is 5.91 Å². The van der Waals surface area contributed by atoms with E-state index in [1.54, 1.807) is 4.57 Å². The fourth-order valence-electron chi connectivity index (χ4n) is 4.18. The largest absolute Gasteiger partial charge is 0.338 e. The summed E-state index contributed by atoms with van der Waals surface area (Å²) in [5.74, 6) is 0.652. The van der Waals surface area contributed by atoms with Gasteiger partial charge in [0.1, 0.15) is 0 Å². The lowest BCUT2D eigenvalue weighted by Crippen LogP contribution is -2.46. The Bertz CT molecular complexity index is 835. The fraction of sp³-hybridized carbons (Fsp3) is 0.556. The highest BCUT2D eigenvalue weighted by Gasteiger charge is 2.34. The summed E-state index contributed by atoms with van der Waals surface area (Å²) < 4.78 is 1.71. The molecule has 0 bridgehead atoms. The molecule has 2 N–H and O–H groups in total. The summed E-state index contributed by atoms with van der Waals surface area (Å²) in [5.41, 5.74) is 2.13. The van der Waals surface area contributed by atoms with Crippen molar-refractivity contribution in [3.05, 3.63) is 34.2 Å². The van der Waals surface area contributed by atoms with E-state index in [1.165, 1.54) is 0 Å². The lowest BCUT2D eigenvalue weighted by atomic mass is 9.93. The molecule has 0 unspecified atom stereocenters. The van der Waals surface area contributed by atoms with Crippen molar-refractivity contribution >= 4 is 16.9 Å². The second-order valence-electron chi connectivity index (χ2n) is 7.28. The molecule has 6 heteroatoms. The predicted octanol–water partition coefficient (Wildman–Crippen LogP) is 1.73. The van der Waals surface area contributed by atoms with Gasteiger partial charge in [0.15, 0.2) is 0 Å². The molecule has 0 radical (unpaired) electrons. The Hall–Kier alpha value is -2.08. The normalized spacial score (nSPS) is 23.9. The number of rotatable bonds is 2. The Kier molecular flexibility index (Phi) is 3.72. The molecule has 128 valence electrons. The molecule has 24 heavy (non-hydrogen) atoms. The molecule has 2 aliphatic rings. The highest BCUT2D eigenvalue weighted by molar-refractivity contribution is 5.97. The van der Waals surface area contributed by atoms with Crippen LogP contribution in [0, 0.1) is 5.92 Å². The number of nitrogens with zero attached hydrogens (tertiary/aromatic N) is 2. The van der Waals surface area contributed by atoms with Crippen LogP contribution >= 0.6 is 0 Å². The molecule has 4 rings (SSSR count). The van der Waals surface area contributed by atoms with E-state index < -0.39 is 0 Å². The number of benzene rings is 1. The van der Waals surface area contributed by atoms with Gasteiger partial charge in [-0.2, -0.15) is 0 Å². The average Bonchev–Trinajstić information content (AvgIpc) is 3.15. The van der Waals surface area contributed by atoms with Crippen LogP contribution in [0.3, 0.4) is 0 Å². The number of hydrogen-bond acceptors (Lipinski definition) is 3. The molecule has 1 amide bonds. The molecule has 2 aromatic rings. The third kappa shape index (κ3) is 2.45. The molecule has 6 nitrogen and oxygen atoms in total. The van der Waals surface area contributed by atoms with E-state index in [1.807, 2.05) is 36.9 Å². The first kappa shape index (κ1) is 15.4. The standard InChI is InChI=1S/C18H24N4O2/c1-11(2)22-16-9-12(3-4-15(16)20-18(22)24)17(23)21-8-6-14-13(10-21)5-7-19-14/h3-4,9,11,13-14,19H,5-8,10H2,1-2H3,(H,20,24)/t13-,14+/m1/s1. The number of hydrogen-bond donors (Lipinski definition) is 2. The van der Waals surface area contributed by atoms with Gasteiger partial charge in [0, 0.05) is 30.7 Å². The molecule has 3 heterocycles. The van der Waals surface area contributed by atoms with Gasteiger partial charge in [-0.1, -0.05) is 0 Å². The zero-order chi connectivity index (χ0) is 16.8. The Morgan fingerprint density at radius 2 is 2.12 bits per heavy atom. The van der Waals surface area contributed by atoms with Crippen LogP contribution in [0.1, 0.15) is 43.1 Å². The van der Waals surface area contributed by atoms with Crippen molar-refractivity contribution in [1.29, 1.82) is 0 Å². The van der Waals surface area contributed by atoms with Crippen LogP contribution in [-0.2, 0) is 0 Å². The third-order valence-electron chi connectivity index (χ3n) is 5.42. The van der Waals surface area contributed by atoms with Crippen LogP contribution in [0.15, 0.2) is 23.0 Å². The maximum absolute atomic E-state index is 12.9. The summed E-state index contributed by atoms with van der Waals surface area (Å²) in [5, 5.41) is 3.52. The number of carbonyl (C=O) groups excluding carboxylic acids is 1. The third-order valence-corrected chi connectivity index (χ3v) is 5.42. The molecule has 2 atom stereocenters. The Morgan fingerprint density at radius 3 is 2.92 bits per heavy atom. The van der Waals surface area contributed by atoms with E-state index in [9.17, 15) is 9.59 Å². The minimum atomic E-state index is -0.123. The first-order valence-electron chi connectivity index (χ1n) is 8.81. The molecular formula is C18H24N4O2. The summed E-state index contributed by atoms with van der Waals surface area (Å²) in [6.07, 6.45) is 2.18. The van der Waals surface area contributed by atoms with Gasteiger partial charge < -0.3 is 15.2 Å². The fourth-order valence-corrected chi connectivity index (χ4v) is 4.18. The number of carbonyl (C=O) groups is 1. The summed E-state index contributed by atoms with van der Waals surface area (Å²) >= 11 is 0. The summed E-state index contributed by atoms with van der Waals surface area (Å²) in [4.78, 5) is 29.9. The first-order chi connectivity index (χ1) is 11.5. The number of likely N-dealkylation sites (tertiary alicyclic amines) is 1. The van der Waals surface area contributed by atoms with Crippen LogP contribution in [0.25, 0.3) is 11.0 Å². The quantitative estimate of drug-likeness (QED) is 0.882. The van der Waals surface area contributed by atoms with Crippen LogP contribution < -0.4 is 11.0 Å². The van der Waals surface area contributed by atoms with Crippen LogP contribution in [-0.4, -0.2) is 46.0 Å². The maximum Gasteiger partial charge on any atom is 0.326 e. The lowest BCUT2D eigenvalue weighted by molar-refractivity contribution is 0.0662. The van der Waals surface area contributed by atoms with Crippen molar-refractivity contribution in [2.45, 2.75) is 38.8 Å². The Labute approximate surface area is 140 Å². The van der Waals surface area contributed by atoms with E-state index in [-0.39, 0.29) is 17.6 Å². The van der Waals surface area contributed by atoms with Crippen molar-refractivity contribution < 1.29 is 4.79 Å². The number of amides is 1. The number of nitrogens with one attached hydrogen (secondary N) is 2. The highest BCUT2D eigenvalue weighted by atomic mass is 16.2. The topological polar surface area (TPSA) is 70.1 Å². The number of piperidine rings is 1. The molecule has 2 saturated heterocycles. The van der Waals surface area contributed by atoms with Crippen molar-refractivity contribution in [3.8, 4) is 0 Å². The van der Waals surface area contributed by atoms with Gasteiger partial charge in [-0.15, -0.1) is 0 Å². The van der Waals surface area contributed by atoms with Crippen molar-refractivity contribution in [1.82, 2.24) is 19.8 Å². The van der Waals surface area contributed by atoms with Crippen LogP contribution in [0.5, 0.6) is 0 Å². The number of H-pyrrole nitrogens is 1. The number of aromatic amines is 1. The van der Waals surface area contributed by atoms with E-state index in [0.29, 0.717) is 17.5 Å². The monoisotopic (exact) mass is 328 g/mol. The number of aromatic nitrogens is 2. The van der Waals surface area contributed by atoms with Crippen LogP contribution in [0.2, 0.25) is 0 Å². The lowest BCUT2D eigenvalue weighted by Gasteiger charge is -2.35.